The van der Waals surface area contributed by atoms with Crippen LogP contribution in [-0.4, -0.2) is 22.5 Å². The largest absolute Gasteiger partial charge is 0.366 e. The Morgan fingerprint density at radius 1 is 1.12 bits per heavy atom. The number of nitro benzene ring substituents is 1. The lowest BCUT2D eigenvalue weighted by molar-refractivity contribution is -0.387. The standard InChI is InChI=1S/C15H10F3N3O4S/c16-8-4-10(18)11(5-9(8)17)20-14(22)6-26-13-2-1-7(15(19)23)3-12(13)21(24)25/h1-5H,6H2,(H2,19,23)(H,20,22). The van der Waals surface area contributed by atoms with Gasteiger partial charge in [-0.1, -0.05) is 0 Å². The Balaban J connectivity index is 2.11. The van der Waals surface area contributed by atoms with E-state index < -0.39 is 45.6 Å². The summed E-state index contributed by atoms with van der Waals surface area (Å²) in [6.45, 7) is 0. The van der Waals surface area contributed by atoms with E-state index in [2.05, 4.69) is 0 Å². The molecule has 2 aromatic rings. The zero-order valence-corrected chi connectivity index (χ0v) is 13.6. The van der Waals surface area contributed by atoms with Gasteiger partial charge in [-0.15, -0.1) is 11.8 Å². The van der Waals surface area contributed by atoms with Gasteiger partial charge in [-0.25, -0.2) is 13.2 Å². The van der Waals surface area contributed by atoms with Crippen molar-refractivity contribution in [1.82, 2.24) is 0 Å². The van der Waals surface area contributed by atoms with E-state index in [0.717, 1.165) is 17.8 Å². The van der Waals surface area contributed by atoms with Gasteiger partial charge in [0.05, 0.1) is 21.3 Å². The number of thioether (sulfide) groups is 1. The average Bonchev–Trinajstić information content (AvgIpc) is 2.57. The number of anilines is 1. The molecule has 0 aliphatic carbocycles. The maximum absolute atomic E-state index is 13.5. The molecule has 2 rings (SSSR count). The van der Waals surface area contributed by atoms with Gasteiger partial charge in [0.15, 0.2) is 11.6 Å². The fourth-order valence-electron chi connectivity index (χ4n) is 1.88. The summed E-state index contributed by atoms with van der Waals surface area (Å²) in [6.07, 6.45) is 0. The highest BCUT2D eigenvalue weighted by atomic mass is 32.2. The lowest BCUT2D eigenvalue weighted by Gasteiger charge is -2.08. The molecule has 0 aliphatic heterocycles. The smallest absolute Gasteiger partial charge is 0.283 e. The van der Waals surface area contributed by atoms with Crippen molar-refractivity contribution >= 4 is 35.0 Å². The van der Waals surface area contributed by atoms with Crippen LogP contribution in [0.4, 0.5) is 24.5 Å². The first kappa shape index (κ1) is 19.2. The average molecular weight is 385 g/mol. The second-order valence-corrected chi connectivity index (χ2v) is 5.90. The Morgan fingerprint density at radius 3 is 2.38 bits per heavy atom. The molecule has 136 valence electrons. The van der Waals surface area contributed by atoms with Crippen molar-refractivity contribution in [2.75, 3.05) is 11.1 Å². The fourth-order valence-corrected chi connectivity index (χ4v) is 2.69. The highest BCUT2D eigenvalue weighted by Gasteiger charge is 2.19. The van der Waals surface area contributed by atoms with Crippen molar-refractivity contribution in [3.63, 3.8) is 0 Å². The predicted octanol–water partition coefficient (Wildman–Crippen LogP) is 2.84. The van der Waals surface area contributed by atoms with E-state index in [-0.39, 0.29) is 22.3 Å². The third-order valence-corrected chi connectivity index (χ3v) is 4.15. The van der Waals surface area contributed by atoms with Crippen LogP contribution in [0, 0.1) is 27.6 Å². The van der Waals surface area contributed by atoms with E-state index in [0.29, 0.717) is 6.07 Å². The maximum Gasteiger partial charge on any atom is 0.283 e. The number of carbonyl (C=O) groups is 2. The monoisotopic (exact) mass is 385 g/mol. The fraction of sp³-hybridized carbons (Fsp3) is 0.0667. The van der Waals surface area contributed by atoms with Crippen molar-refractivity contribution in [1.29, 1.82) is 0 Å². The molecule has 26 heavy (non-hydrogen) atoms. The van der Waals surface area contributed by atoms with Gasteiger partial charge in [0.1, 0.15) is 5.82 Å². The maximum atomic E-state index is 13.5. The zero-order valence-electron chi connectivity index (χ0n) is 12.8. The van der Waals surface area contributed by atoms with Crippen LogP contribution in [0.2, 0.25) is 0 Å². The first-order chi connectivity index (χ1) is 12.2. The third kappa shape index (κ3) is 4.51. The third-order valence-electron chi connectivity index (χ3n) is 3.08. The summed E-state index contributed by atoms with van der Waals surface area (Å²) < 4.78 is 39.4. The summed E-state index contributed by atoms with van der Waals surface area (Å²) in [6, 6.07) is 4.24. The lowest BCUT2D eigenvalue weighted by Crippen LogP contribution is -2.16. The molecule has 0 radical (unpaired) electrons. The molecule has 7 nitrogen and oxygen atoms in total. The molecule has 0 unspecified atom stereocenters. The summed E-state index contributed by atoms with van der Waals surface area (Å²) >= 11 is 0.740. The summed E-state index contributed by atoms with van der Waals surface area (Å²) in [4.78, 5) is 33.3. The normalized spacial score (nSPS) is 10.4. The number of primary amides is 1. The number of nitro groups is 1. The van der Waals surface area contributed by atoms with Gasteiger partial charge in [0.25, 0.3) is 5.69 Å². The van der Waals surface area contributed by atoms with Crippen LogP contribution >= 0.6 is 11.8 Å². The highest BCUT2D eigenvalue weighted by Crippen LogP contribution is 2.30. The Labute approximate surface area is 148 Å². The van der Waals surface area contributed by atoms with Crippen LogP contribution < -0.4 is 11.1 Å². The number of nitrogens with two attached hydrogens (primary N) is 1. The van der Waals surface area contributed by atoms with E-state index in [1.54, 1.807) is 0 Å². The molecule has 0 saturated heterocycles. The summed E-state index contributed by atoms with van der Waals surface area (Å²) in [5, 5.41) is 13.1. The van der Waals surface area contributed by atoms with Crippen molar-refractivity contribution in [3.05, 3.63) is 63.5 Å². The Morgan fingerprint density at radius 2 is 1.77 bits per heavy atom. The molecule has 0 atom stereocenters. The van der Waals surface area contributed by atoms with Gasteiger partial charge in [-0.2, -0.15) is 0 Å². The zero-order chi connectivity index (χ0) is 19.4. The van der Waals surface area contributed by atoms with Crippen LogP contribution in [0.15, 0.2) is 35.2 Å². The SMILES string of the molecule is NC(=O)c1ccc(SCC(=O)Nc2cc(F)c(F)cc2F)c([N+](=O)[O-])c1. The number of nitrogens with zero attached hydrogens (tertiary/aromatic N) is 1. The van der Waals surface area contributed by atoms with Crippen molar-refractivity contribution < 1.29 is 27.7 Å². The van der Waals surface area contributed by atoms with Crippen LogP contribution in [0.1, 0.15) is 10.4 Å². The summed E-state index contributed by atoms with van der Waals surface area (Å²) in [5.74, 6) is -5.94. The summed E-state index contributed by atoms with van der Waals surface area (Å²) in [7, 11) is 0. The molecule has 0 heterocycles. The van der Waals surface area contributed by atoms with Crippen molar-refractivity contribution in [3.8, 4) is 0 Å². The van der Waals surface area contributed by atoms with Crippen LogP contribution in [0.25, 0.3) is 0 Å². The van der Waals surface area contributed by atoms with Crippen molar-refractivity contribution in [2.24, 2.45) is 5.73 Å². The van der Waals surface area contributed by atoms with E-state index in [9.17, 15) is 32.9 Å². The number of halogens is 3. The van der Waals surface area contributed by atoms with E-state index in [4.69, 9.17) is 5.73 Å². The van der Waals surface area contributed by atoms with Gasteiger partial charge in [0, 0.05) is 23.8 Å². The molecular formula is C15H10F3N3O4S. The number of rotatable bonds is 6. The Hall–Kier alpha value is -3.08. The number of nitrogens with one attached hydrogen (secondary N) is 1. The van der Waals surface area contributed by atoms with E-state index in [1.165, 1.54) is 12.1 Å². The second-order valence-electron chi connectivity index (χ2n) is 4.89. The van der Waals surface area contributed by atoms with Gasteiger partial charge in [0.2, 0.25) is 11.8 Å². The van der Waals surface area contributed by atoms with Crippen LogP contribution in [0.3, 0.4) is 0 Å². The molecule has 0 bridgehead atoms. The first-order valence-electron chi connectivity index (χ1n) is 6.84. The highest BCUT2D eigenvalue weighted by molar-refractivity contribution is 8.00. The quantitative estimate of drug-likeness (QED) is 0.343. The van der Waals surface area contributed by atoms with Crippen LogP contribution in [-0.2, 0) is 4.79 Å². The number of benzene rings is 2. The number of carbonyl (C=O) groups excluding carboxylic acids is 2. The van der Waals surface area contributed by atoms with E-state index >= 15 is 0 Å². The van der Waals surface area contributed by atoms with Crippen LogP contribution in [0.5, 0.6) is 0 Å². The minimum atomic E-state index is -1.40. The summed E-state index contributed by atoms with van der Waals surface area (Å²) in [5.41, 5.74) is 3.98. The van der Waals surface area contributed by atoms with Crippen molar-refractivity contribution in [2.45, 2.75) is 4.90 Å². The van der Waals surface area contributed by atoms with Gasteiger partial charge >= 0.3 is 0 Å². The number of amides is 2. The van der Waals surface area contributed by atoms with Gasteiger partial charge in [-0.3, -0.25) is 19.7 Å². The van der Waals surface area contributed by atoms with Gasteiger partial charge in [-0.05, 0) is 12.1 Å². The van der Waals surface area contributed by atoms with Gasteiger partial charge < -0.3 is 11.1 Å². The molecule has 2 aromatic carbocycles. The molecule has 0 fully saturated rings. The molecule has 0 aromatic heterocycles. The Bertz CT molecular complexity index is 908. The topological polar surface area (TPSA) is 115 Å². The molecule has 0 saturated carbocycles. The molecular weight excluding hydrogens is 375 g/mol. The molecule has 11 heteroatoms. The lowest BCUT2D eigenvalue weighted by atomic mass is 10.2. The molecule has 0 aliphatic rings. The molecule has 3 N–H and O–H groups in total. The molecule has 2 amide bonds. The Kier molecular flexibility index (Phi) is 5.82. The minimum absolute atomic E-state index is 0.0703. The number of hydrogen-bond acceptors (Lipinski definition) is 5. The first-order valence-corrected chi connectivity index (χ1v) is 7.83. The second kappa shape index (κ2) is 7.87. The minimum Gasteiger partial charge on any atom is -0.366 e. The predicted molar refractivity (Wildman–Crippen MR) is 87.3 cm³/mol. The van der Waals surface area contributed by atoms with E-state index in [1.807, 2.05) is 5.32 Å². The number of hydrogen-bond donors (Lipinski definition) is 2. The molecule has 0 spiro atoms.